The molecule has 2 N–H and O–H groups in total. The standard InChI is InChI=1S/C19H26F2N2O5S2/c1-17(2,3)29(26)22-18(11-13-9-10-14(12-18)23(13)16(24)25)19(20,21)30(27,28)15-7-5-4-6-8-15/h4-8,13-14,22H,9-12H2,1-3H3,(H,24,25)/t13-,14+,18?,29?. The number of piperidine rings is 1. The molecular weight excluding hydrogens is 438 g/mol. The van der Waals surface area contributed by atoms with E-state index in [0.29, 0.717) is 12.8 Å². The van der Waals surface area contributed by atoms with E-state index in [1.54, 1.807) is 20.8 Å². The Balaban J connectivity index is 2.11. The number of nitrogens with one attached hydrogen (secondary N) is 1. The smallest absolute Gasteiger partial charge is 0.407 e. The molecule has 11 heteroatoms. The van der Waals surface area contributed by atoms with Gasteiger partial charge < -0.3 is 10.0 Å². The van der Waals surface area contributed by atoms with Crippen molar-refractivity contribution in [1.29, 1.82) is 0 Å². The molecule has 0 saturated carbocycles. The minimum absolute atomic E-state index is 0.351. The minimum atomic E-state index is -5.14. The third-order valence-electron chi connectivity index (χ3n) is 5.80. The first kappa shape index (κ1) is 23.1. The van der Waals surface area contributed by atoms with E-state index in [-0.39, 0.29) is 0 Å². The van der Waals surface area contributed by atoms with E-state index in [2.05, 4.69) is 4.72 Å². The molecule has 30 heavy (non-hydrogen) atoms. The van der Waals surface area contributed by atoms with E-state index < -0.39 is 72.3 Å². The Bertz CT molecular complexity index is 933. The van der Waals surface area contributed by atoms with Crippen molar-refractivity contribution >= 4 is 26.9 Å². The van der Waals surface area contributed by atoms with E-state index in [0.717, 1.165) is 17.0 Å². The Kier molecular flexibility index (Phi) is 5.79. The zero-order chi connectivity index (χ0) is 22.5. The highest BCUT2D eigenvalue weighted by Gasteiger charge is 2.68. The Morgan fingerprint density at radius 2 is 1.67 bits per heavy atom. The van der Waals surface area contributed by atoms with Crippen LogP contribution in [-0.2, 0) is 20.8 Å². The summed E-state index contributed by atoms with van der Waals surface area (Å²) in [5, 5.41) is 5.17. The summed E-state index contributed by atoms with van der Waals surface area (Å²) >= 11 is 0. The van der Waals surface area contributed by atoms with Crippen LogP contribution in [0.3, 0.4) is 0 Å². The van der Waals surface area contributed by atoms with Gasteiger partial charge in [-0.3, -0.25) is 0 Å². The molecule has 1 aromatic carbocycles. The van der Waals surface area contributed by atoms with Crippen molar-refractivity contribution in [2.45, 2.75) is 79.0 Å². The molecule has 2 aliphatic heterocycles. The topological polar surface area (TPSA) is 104 Å². The lowest BCUT2D eigenvalue weighted by Crippen LogP contribution is -2.69. The fourth-order valence-corrected chi connectivity index (χ4v) is 6.84. The number of halogens is 2. The highest BCUT2D eigenvalue weighted by molar-refractivity contribution is 7.92. The molecule has 2 heterocycles. The van der Waals surface area contributed by atoms with Crippen molar-refractivity contribution in [3.8, 4) is 0 Å². The quantitative estimate of drug-likeness (QED) is 0.697. The Morgan fingerprint density at radius 3 is 2.10 bits per heavy atom. The fraction of sp³-hybridized carbons (Fsp3) is 0.632. The monoisotopic (exact) mass is 464 g/mol. The lowest BCUT2D eigenvalue weighted by Gasteiger charge is -2.49. The maximum absolute atomic E-state index is 15.9. The van der Waals surface area contributed by atoms with Gasteiger partial charge in [0.2, 0.25) is 9.84 Å². The van der Waals surface area contributed by atoms with Crippen molar-refractivity contribution in [2.75, 3.05) is 0 Å². The average Bonchev–Trinajstić information content (AvgIpc) is 2.93. The van der Waals surface area contributed by atoms with Gasteiger partial charge in [-0.1, -0.05) is 18.2 Å². The predicted octanol–water partition coefficient (Wildman–Crippen LogP) is 3.15. The van der Waals surface area contributed by atoms with Gasteiger partial charge in [-0.2, -0.15) is 8.78 Å². The summed E-state index contributed by atoms with van der Waals surface area (Å²) in [6.45, 7) is 4.78. The van der Waals surface area contributed by atoms with Crippen LogP contribution in [0.1, 0.15) is 46.5 Å². The van der Waals surface area contributed by atoms with Crippen molar-refractivity contribution in [3.63, 3.8) is 0 Å². The molecule has 2 bridgehead atoms. The molecule has 0 aliphatic carbocycles. The molecule has 3 rings (SSSR count). The van der Waals surface area contributed by atoms with Gasteiger partial charge in [-0.05, 0) is 58.6 Å². The molecule has 2 unspecified atom stereocenters. The normalized spacial score (nSPS) is 28.4. The molecule has 2 fully saturated rings. The number of sulfone groups is 1. The van der Waals surface area contributed by atoms with Gasteiger partial charge >= 0.3 is 11.3 Å². The molecule has 1 aromatic rings. The lowest BCUT2D eigenvalue weighted by molar-refractivity contribution is -0.0499. The third-order valence-corrected chi connectivity index (χ3v) is 9.45. The SMILES string of the molecule is CC(C)(C)S(=O)NC1(C(F)(F)S(=O)(=O)c2ccccc2)C[C@H]2CC[C@@H](C1)N2C(=O)O. The van der Waals surface area contributed by atoms with Gasteiger partial charge in [0, 0.05) is 12.1 Å². The number of benzene rings is 1. The Morgan fingerprint density at radius 1 is 1.17 bits per heavy atom. The van der Waals surface area contributed by atoms with Crippen LogP contribution in [-0.4, -0.2) is 56.4 Å². The molecule has 168 valence electrons. The second-order valence-electron chi connectivity index (χ2n) is 8.88. The van der Waals surface area contributed by atoms with Gasteiger partial charge in [0.25, 0.3) is 0 Å². The first-order valence-electron chi connectivity index (χ1n) is 9.61. The van der Waals surface area contributed by atoms with Gasteiger partial charge in [-0.15, -0.1) is 0 Å². The number of carboxylic acid groups (broad SMARTS) is 1. The summed E-state index contributed by atoms with van der Waals surface area (Å²) in [5.41, 5.74) is -2.36. The summed E-state index contributed by atoms with van der Waals surface area (Å²) in [4.78, 5) is 12.2. The van der Waals surface area contributed by atoms with Crippen LogP contribution in [0.4, 0.5) is 13.6 Å². The number of hydrogen-bond acceptors (Lipinski definition) is 4. The van der Waals surface area contributed by atoms with Crippen LogP contribution in [0.2, 0.25) is 0 Å². The second-order valence-corrected chi connectivity index (χ2v) is 12.8. The van der Waals surface area contributed by atoms with E-state index >= 15 is 8.78 Å². The van der Waals surface area contributed by atoms with Gasteiger partial charge in [0.15, 0.2) is 0 Å². The summed E-state index contributed by atoms with van der Waals surface area (Å²) in [5.74, 6) is 0. The van der Waals surface area contributed by atoms with Crippen molar-refractivity contribution in [1.82, 2.24) is 9.62 Å². The molecule has 2 aliphatic rings. The maximum atomic E-state index is 15.9. The highest BCUT2D eigenvalue weighted by Crippen LogP contribution is 2.51. The van der Waals surface area contributed by atoms with Crippen molar-refractivity contribution < 1.29 is 31.3 Å². The van der Waals surface area contributed by atoms with E-state index in [4.69, 9.17) is 0 Å². The largest absolute Gasteiger partial charge is 0.465 e. The third kappa shape index (κ3) is 3.64. The van der Waals surface area contributed by atoms with E-state index in [1.807, 2.05) is 0 Å². The Hall–Kier alpha value is -1.59. The Labute approximate surface area is 177 Å². The number of nitrogens with zero attached hydrogens (tertiary/aromatic N) is 1. The van der Waals surface area contributed by atoms with E-state index in [9.17, 15) is 22.5 Å². The van der Waals surface area contributed by atoms with Gasteiger partial charge in [-0.25, -0.2) is 22.1 Å². The zero-order valence-corrected chi connectivity index (χ0v) is 18.6. The van der Waals surface area contributed by atoms with E-state index in [1.165, 1.54) is 18.2 Å². The second kappa shape index (κ2) is 7.52. The average molecular weight is 465 g/mol. The molecule has 1 amide bonds. The summed E-state index contributed by atoms with van der Waals surface area (Å²) in [7, 11) is -7.14. The molecular formula is C19H26F2N2O5S2. The number of carbonyl (C=O) groups is 1. The fourth-order valence-electron chi connectivity index (χ4n) is 4.28. The van der Waals surface area contributed by atoms with Crippen LogP contribution in [0, 0.1) is 0 Å². The number of rotatable bonds is 5. The highest BCUT2D eigenvalue weighted by atomic mass is 32.2. The number of amides is 1. The van der Waals surface area contributed by atoms with Crippen molar-refractivity contribution in [2.24, 2.45) is 0 Å². The van der Waals surface area contributed by atoms with Crippen molar-refractivity contribution in [3.05, 3.63) is 30.3 Å². The number of hydrogen-bond donors (Lipinski definition) is 2. The molecule has 2 saturated heterocycles. The number of alkyl halides is 2. The minimum Gasteiger partial charge on any atom is -0.465 e. The molecule has 0 spiro atoms. The van der Waals surface area contributed by atoms with Crippen LogP contribution < -0.4 is 4.72 Å². The molecule has 4 atom stereocenters. The summed E-state index contributed by atoms with van der Waals surface area (Å²) < 4.78 is 72.3. The summed E-state index contributed by atoms with van der Waals surface area (Å²) in [6.07, 6.45) is -1.41. The zero-order valence-electron chi connectivity index (χ0n) is 17.0. The first-order valence-corrected chi connectivity index (χ1v) is 12.2. The molecule has 0 aromatic heterocycles. The van der Waals surface area contributed by atoms with Crippen LogP contribution in [0.25, 0.3) is 0 Å². The molecule has 7 nitrogen and oxygen atoms in total. The molecule has 0 radical (unpaired) electrons. The maximum Gasteiger partial charge on any atom is 0.407 e. The van der Waals surface area contributed by atoms with Gasteiger partial charge in [0.1, 0.15) is 5.54 Å². The van der Waals surface area contributed by atoms with Crippen LogP contribution in [0.5, 0.6) is 0 Å². The van der Waals surface area contributed by atoms with Crippen LogP contribution in [0.15, 0.2) is 35.2 Å². The van der Waals surface area contributed by atoms with Gasteiger partial charge in [0.05, 0.1) is 20.6 Å². The number of fused-ring (bicyclic) bond motifs is 2. The first-order chi connectivity index (χ1) is 13.7. The predicted molar refractivity (Wildman–Crippen MR) is 108 cm³/mol. The lowest BCUT2D eigenvalue weighted by atomic mass is 9.84. The summed E-state index contributed by atoms with van der Waals surface area (Å²) in [6, 6.07) is 4.87. The van der Waals surface area contributed by atoms with Crippen LogP contribution >= 0.6 is 0 Å².